The highest BCUT2D eigenvalue weighted by molar-refractivity contribution is 5.78. The highest BCUT2D eigenvalue weighted by atomic mass is 16.2. The van der Waals surface area contributed by atoms with Gasteiger partial charge in [0, 0.05) is 25.2 Å². The van der Waals surface area contributed by atoms with Gasteiger partial charge in [0.2, 0.25) is 5.91 Å². The number of carbonyl (C=O) groups is 1. The van der Waals surface area contributed by atoms with Gasteiger partial charge < -0.3 is 5.32 Å². The third kappa shape index (κ3) is 3.72. The minimum atomic E-state index is -0.0923. The van der Waals surface area contributed by atoms with Gasteiger partial charge in [0.25, 0.3) is 0 Å². The van der Waals surface area contributed by atoms with E-state index in [9.17, 15) is 9.59 Å². The van der Waals surface area contributed by atoms with Gasteiger partial charge in [-0.1, -0.05) is 42.7 Å². The van der Waals surface area contributed by atoms with Crippen molar-refractivity contribution in [3.8, 4) is 0 Å². The first kappa shape index (κ1) is 18.5. The first-order valence-electron chi connectivity index (χ1n) is 10.0. The number of hydrogen-bond donors (Lipinski definition) is 1. The van der Waals surface area contributed by atoms with Crippen LogP contribution in [-0.4, -0.2) is 26.6 Å². The molecular formula is C22H26N4O2. The van der Waals surface area contributed by atoms with Crippen LogP contribution in [0.4, 0.5) is 0 Å². The summed E-state index contributed by atoms with van der Waals surface area (Å²) in [6.07, 6.45) is 5.92. The molecule has 1 aliphatic rings. The van der Waals surface area contributed by atoms with Crippen molar-refractivity contribution < 1.29 is 4.79 Å². The van der Waals surface area contributed by atoms with Gasteiger partial charge in [0.1, 0.15) is 0 Å². The van der Waals surface area contributed by atoms with Crippen LogP contribution in [0, 0.1) is 12.8 Å². The van der Waals surface area contributed by atoms with E-state index in [1.54, 1.807) is 15.3 Å². The van der Waals surface area contributed by atoms with Gasteiger partial charge in [-0.3, -0.25) is 13.9 Å². The number of rotatable bonds is 6. The molecule has 1 amide bonds. The van der Waals surface area contributed by atoms with Gasteiger partial charge in [0.15, 0.2) is 5.65 Å². The summed E-state index contributed by atoms with van der Waals surface area (Å²) in [5.74, 6) is 0.250. The first-order chi connectivity index (χ1) is 13.6. The highest BCUT2D eigenvalue weighted by Gasteiger charge is 2.22. The van der Waals surface area contributed by atoms with Crippen LogP contribution in [0.25, 0.3) is 11.2 Å². The Morgan fingerprint density at radius 1 is 1.18 bits per heavy atom. The van der Waals surface area contributed by atoms with E-state index in [1.807, 2.05) is 37.3 Å². The smallest absolute Gasteiger partial charge is 0.330 e. The molecule has 2 heterocycles. The molecule has 146 valence electrons. The second-order valence-corrected chi connectivity index (χ2v) is 7.63. The van der Waals surface area contributed by atoms with Crippen molar-refractivity contribution in [3.63, 3.8) is 0 Å². The molecule has 0 saturated heterocycles. The minimum absolute atomic E-state index is 0.0923. The zero-order valence-electron chi connectivity index (χ0n) is 16.2. The molecule has 3 aromatic rings. The maximum absolute atomic E-state index is 13.1. The molecule has 0 atom stereocenters. The van der Waals surface area contributed by atoms with Gasteiger partial charge in [-0.05, 0) is 37.5 Å². The van der Waals surface area contributed by atoms with Gasteiger partial charge in [-0.15, -0.1) is 0 Å². The zero-order valence-corrected chi connectivity index (χ0v) is 16.2. The van der Waals surface area contributed by atoms with Crippen molar-refractivity contribution in [2.75, 3.05) is 6.54 Å². The van der Waals surface area contributed by atoms with E-state index in [0.717, 1.165) is 36.8 Å². The van der Waals surface area contributed by atoms with Crippen LogP contribution >= 0.6 is 0 Å². The Kier molecular flexibility index (Phi) is 5.28. The van der Waals surface area contributed by atoms with E-state index < -0.39 is 0 Å². The second kappa shape index (κ2) is 8.00. The standard InChI is InChI=1S/C22H26N4O2/c1-16-6-4-7-17(14-16)15-26-19-10-5-11-23-20(19)25(22(26)28)13-12-24-21(27)18-8-2-3-9-18/h4-7,10-11,14,18H,2-3,8-9,12-13,15H2,1H3,(H,24,27). The van der Waals surface area contributed by atoms with E-state index in [0.29, 0.717) is 25.3 Å². The average molecular weight is 378 g/mol. The Morgan fingerprint density at radius 3 is 2.79 bits per heavy atom. The summed E-state index contributed by atoms with van der Waals surface area (Å²) >= 11 is 0. The molecule has 0 spiro atoms. The number of amides is 1. The van der Waals surface area contributed by atoms with E-state index in [2.05, 4.69) is 16.4 Å². The molecule has 4 rings (SSSR count). The van der Waals surface area contributed by atoms with Crippen molar-refractivity contribution in [1.29, 1.82) is 0 Å². The van der Waals surface area contributed by atoms with Crippen LogP contribution in [0.2, 0.25) is 0 Å². The first-order valence-corrected chi connectivity index (χ1v) is 10.0. The van der Waals surface area contributed by atoms with E-state index >= 15 is 0 Å². The average Bonchev–Trinajstić information content (AvgIpc) is 3.31. The lowest BCUT2D eigenvalue weighted by atomic mass is 10.1. The maximum Gasteiger partial charge on any atom is 0.330 e. The Morgan fingerprint density at radius 2 is 2.00 bits per heavy atom. The summed E-state index contributed by atoms with van der Waals surface area (Å²) in [4.78, 5) is 29.8. The van der Waals surface area contributed by atoms with Gasteiger partial charge in [0.05, 0.1) is 12.1 Å². The van der Waals surface area contributed by atoms with Crippen molar-refractivity contribution in [3.05, 3.63) is 64.2 Å². The minimum Gasteiger partial charge on any atom is -0.354 e. The fourth-order valence-electron chi connectivity index (χ4n) is 4.12. The number of pyridine rings is 1. The van der Waals surface area contributed by atoms with Crippen LogP contribution in [0.15, 0.2) is 47.4 Å². The fourth-order valence-corrected chi connectivity index (χ4v) is 4.12. The van der Waals surface area contributed by atoms with Crippen molar-refractivity contribution in [1.82, 2.24) is 19.4 Å². The monoisotopic (exact) mass is 378 g/mol. The third-order valence-corrected chi connectivity index (χ3v) is 5.56. The molecule has 0 unspecified atom stereocenters. The number of benzene rings is 1. The number of imidazole rings is 1. The quantitative estimate of drug-likeness (QED) is 0.717. The molecular weight excluding hydrogens is 352 g/mol. The SMILES string of the molecule is Cc1cccc(Cn2c(=O)n(CCNC(=O)C3CCCC3)c3ncccc32)c1. The molecule has 1 N–H and O–H groups in total. The molecule has 1 saturated carbocycles. The highest BCUT2D eigenvalue weighted by Crippen LogP contribution is 2.24. The summed E-state index contributed by atoms with van der Waals surface area (Å²) in [5, 5.41) is 3.00. The molecule has 0 bridgehead atoms. The molecule has 1 aromatic carbocycles. The topological polar surface area (TPSA) is 68.9 Å². The molecule has 6 heteroatoms. The Hall–Kier alpha value is -2.89. The Bertz CT molecular complexity index is 1040. The lowest BCUT2D eigenvalue weighted by molar-refractivity contribution is -0.124. The summed E-state index contributed by atoms with van der Waals surface area (Å²) < 4.78 is 3.43. The Balaban J connectivity index is 1.56. The zero-order chi connectivity index (χ0) is 19.5. The molecule has 28 heavy (non-hydrogen) atoms. The molecule has 0 aliphatic heterocycles. The van der Waals surface area contributed by atoms with E-state index in [4.69, 9.17) is 0 Å². The largest absolute Gasteiger partial charge is 0.354 e. The predicted octanol–water partition coefficient (Wildman–Crippen LogP) is 2.86. The lowest BCUT2D eigenvalue weighted by Crippen LogP contribution is -2.34. The lowest BCUT2D eigenvalue weighted by Gasteiger charge is -2.10. The number of carbonyl (C=O) groups excluding carboxylic acids is 1. The normalized spacial score (nSPS) is 14.6. The molecule has 1 aliphatic carbocycles. The van der Waals surface area contributed by atoms with Crippen molar-refractivity contribution in [2.24, 2.45) is 5.92 Å². The van der Waals surface area contributed by atoms with Crippen molar-refractivity contribution >= 4 is 17.1 Å². The van der Waals surface area contributed by atoms with Gasteiger partial charge >= 0.3 is 5.69 Å². The number of nitrogens with zero attached hydrogens (tertiary/aromatic N) is 3. The summed E-state index contributed by atoms with van der Waals surface area (Å²) in [5.41, 5.74) is 3.64. The molecule has 1 fully saturated rings. The number of aryl methyl sites for hydroxylation is 1. The van der Waals surface area contributed by atoms with E-state index in [1.165, 1.54) is 5.56 Å². The van der Waals surface area contributed by atoms with Crippen LogP contribution < -0.4 is 11.0 Å². The molecule has 6 nitrogen and oxygen atoms in total. The summed E-state index contributed by atoms with van der Waals surface area (Å²) in [6.45, 7) is 3.41. The molecule has 0 radical (unpaired) electrons. The van der Waals surface area contributed by atoms with Crippen LogP contribution in [-0.2, 0) is 17.9 Å². The summed E-state index contributed by atoms with van der Waals surface area (Å²) in [7, 11) is 0. The fraction of sp³-hybridized carbons (Fsp3) is 0.409. The number of fused-ring (bicyclic) bond motifs is 1. The predicted molar refractivity (Wildman–Crippen MR) is 109 cm³/mol. The second-order valence-electron chi connectivity index (χ2n) is 7.63. The molecule has 2 aromatic heterocycles. The van der Waals surface area contributed by atoms with Crippen molar-refractivity contribution in [2.45, 2.75) is 45.7 Å². The summed E-state index contributed by atoms with van der Waals surface area (Å²) in [6, 6.07) is 11.9. The Labute approximate surface area is 164 Å². The van der Waals surface area contributed by atoms with Crippen LogP contribution in [0.3, 0.4) is 0 Å². The van der Waals surface area contributed by atoms with Gasteiger partial charge in [-0.25, -0.2) is 9.78 Å². The van der Waals surface area contributed by atoms with Crippen LogP contribution in [0.5, 0.6) is 0 Å². The van der Waals surface area contributed by atoms with Gasteiger partial charge in [-0.2, -0.15) is 0 Å². The number of hydrogen-bond acceptors (Lipinski definition) is 3. The number of nitrogens with one attached hydrogen (secondary N) is 1. The third-order valence-electron chi connectivity index (χ3n) is 5.56. The maximum atomic E-state index is 13.1. The van der Waals surface area contributed by atoms with E-state index in [-0.39, 0.29) is 17.5 Å². The number of aromatic nitrogens is 3. The van der Waals surface area contributed by atoms with Crippen LogP contribution in [0.1, 0.15) is 36.8 Å².